The van der Waals surface area contributed by atoms with Crippen LogP contribution in [0.25, 0.3) is 0 Å². The van der Waals surface area contributed by atoms with E-state index in [1.54, 1.807) is 25.1 Å². The summed E-state index contributed by atoms with van der Waals surface area (Å²) in [6, 6.07) is 7.41. The predicted octanol–water partition coefficient (Wildman–Crippen LogP) is 3.79. The van der Waals surface area contributed by atoms with E-state index < -0.39 is 11.7 Å². The van der Waals surface area contributed by atoms with Gasteiger partial charge in [0.15, 0.2) is 18.1 Å². The Bertz CT molecular complexity index is 827. The number of carbonyl (C=O) groups excluding carboxylic acids is 1. The minimum absolute atomic E-state index is 0.326. The first-order valence-electron chi connectivity index (χ1n) is 7.57. The molecule has 0 heterocycles. The summed E-state index contributed by atoms with van der Waals surface area (Å²) in [5.74, 6) is -0.0331. The van der Waals surface area contributed by atoms with Crippen LogP contribution in [-0.2, 0) is 9.63 Å². The summed E-state index contributed by atoms with van der Waals surface area (Å²) in [6.07, 6.45) is 1.38. The molecule has 1 N–H and O–H groups in total. The summed E-state index contributed by atoms with van der Waals surface area (Å²) in [4.78, 5) is 16.8. The van der Waals surface area contributed by atoms with Crippen LogP contribution >= 0.6 is 11.6 Å². The van der Waals surface area contributed by atoms with Crippen molar-refractivity contribution in [3.63, 3.8) is 0 Å². The van der Waals surface area contributed by atoms with E-state index in [9.17, 15) is 9.18 Å². The fourth-order valence-electron chi connectivity index (χ4n) is 2.12. The Hall–Kier alpha value is -2.80. The van der Waals surface area contributed by atoms with Gasteiger partial charge in [-0.05, 0) is 36.8 Å². The number of carbonyl (C=O) groups is 1. The lowest BCUT2D eigenvalue weighted by Crippen LogP contribution is -2.17. The molecule has 0 saturated heterocycles. The highest BCUT2D eigenvalue weighted by Gasteiger charge is 2.10. The van der Waals surface area contributed by atoms with Gasteiger partial charge in [-0.3, -0.25) is 4.79 Å². The predicted molar refractivity (Wildman–Crippen MR) is 97.9 cm³/mol. The Morgan fingerprint density at radius 1 is 1.27 bits per heavy atom. The van der Waals surface area contributed by atoms with Gasteiger partial charge in [-0.15, -0.1) is 0 Å². The zero-order chi connectivity index (χ0) is 19.1. The molecule has 0 aromatic heterocycles. The van der Waals surface area contributed by atoms with Crippen LogP contribution in [0.1, 0.15) is 11.1 Å². The van der Waals surface area contributed by atoms with E-state index in [-0.39, 0.29) is 6.61 Å². The van der Waals surface area contributed by atoms with Gasteiger partial charge in [-0.2, -0.15) is 0 Å². The Kier molecular flexibility index (Phi) is 6.80. The average Bonchev–Trinajstić information content (AvgIpc) is 2.61. The van der Waals surface area contributed by atoms with Gasteiger partial charge < -0.3 is 19.6 Å². The van der Waals surface area contributed by atoms with Crippen molar-refractivity contribution in [1.82, 2.24) is 0 Å². The zero-order valence-corrected chi connectivity index (χ0v) is 15.3. The maximum atomic E-state index is 13.2. The normalized spacial score (nSPS) is 10.7. The van der Waals surface area contributed by atoms with Gasteiger partial charge in [0.1, 0.15) is 5.82 Å². The highest BCUT2D eigenvalue weighted by atomic mass is 35.5. The third kappa shape index (κ3) is 5.10. The monoisotopic (exact) mass is 380 g/mol. The molecule has 0 saturated carbocycles. The van der Waals surface area contributed by atoms with E-state index >= 15 is 0 Å². The quantitative estimate of drug-likeness (QED) is 0.586. The summed E-state index contributed by atoms with van der Waals surface area (Å²) in [6.45, 7) is 1.43. The van der Waals surface area contributed by atoms with Gasteiger partial charge >= 0.3 is 0 Å². The van der Waals surface area contributed by atoms with Gasteiger partial charge in [0.05, 0.1) is 25.5 Å². The molecule has 0 radical (unpaired) electrons. The van der Waals surface area contributed by atoms with Gasteiger partial charge in [0, 0.05) is 11.3 Å². The van der Waals surface area contributed by atoms with Crippen LogP contribution in [-0.4, -0.2) is 32.9 Å². The average molecular weight is 381 g/mol. The summed E-state index contributed by atoms with van der Waals surface area (Å²) in [5.41, 5.74) is 1.73. The molecular weight excluding hydrogens is 363 g/mol. The second kappa shape index (κ2) is 9.05. The van der Waals surface area contributed by atoms with Crippen molar-refractivity contribution in [2.45, 2.75) is 6.92 Å². The number of aryl methyl sites for hydroxylation is 1. The molecule has 0 aliphatic rings. The fourth-order valence-corrected chi connectivity index (χ4v) is 2.42. The first-order valence-corrected chi connectivity index (χ1v) is 7.95. The molecule has 2 aromatic rings. The molecule has 0 unspecified atom stereocenters. The first kappa shape index (κ1) is 19.5. The number of methoxy groups -OCH3 is 2. The maximum absolute atomic E-state index is 13.2. The molecule has 2 rings (SSSR count). The van der Waals surface area contributed by atoms with Crippen LogP contribution in [0.15, 0.2) is 35.5 Å². The number of halogens is 2. The Morgan fingerprint density at radius 3 is 2.73 bits per heavy atom. The molecule has 26 heavy (non-hydrogen) atoms. The van der Waals surface area contributed by atoms with E-state index in [1.165, 1.54) is 32.6 Å². The second-order valence-electron chi connectivity index (χ2n) is 5.25. The molecule has 0 bridgehead atoms. The minimum Gasteiger partial charge on any atom is -0.493 e. The molecule has 2 aromatic carbocycles. The van der Waals surface area contributed by atoms with Crippen LogP contribution in [0.2, 0.25) is 5.02 Å². The summed E-state index contributed by atoms with van der Waals surface area (Å²) in [7, 11) is 2.98. The van der Waals surface area contributed by atoms with Gasteiger partial charge in [0.2, 0.25) is 0 Å². The van der Waals surface area contributed by atoms with E-state index in [0.717, 1.165) is 5.56 Å². The molecule has 0 aliphatic heterocycles. The van der Waals surface area contributed by atoms with E-state index in [1.807, 2.05) is 0 Å². The number of amides is 1. The summed E-state index contributed by atoms with van der Waals surface area (Å²) in [5, 5.41) is 6.63. The van der Waals surface area contributed by atoms with Gasteiger partial charge in [0.25, 0.3) is 5.91 Å². The molecule has 1 amide bonds. The highest BCUT2D eigenvalue weighted by molar-refractivity contribution is 6.32. The number of oxime groups is 1. The Labute approximate surface area is 155 Å². The smallest absolute Gasteiger partial charge is 0.265 e. The van der Waals surface area contributed by atoms with E-state index in [4.69, 9.17) is 25.9 Å². The summed E-state index contributed by atoms with van der Waals surface area (Å²) < 4.78 is 23.5. The maximum Gasteiger partial charge on any atom is 0.265 e. The molecule has 8 heteroatoms. The highest BCUT2D eigenvalue weighted by Crippen LogP contribution is 2.35. The summed E-state index contributed by atoms with van der Waals surface area (Å²) >= 11 is 6.09. The van der Waals surface area contributed by atoms with Crippen LogP contribution in [0, 0.1) is 12.7 Å². The van der Waals surface area contributed by atoms with Crippen molar-refractivity contribution < 1.29 is 23.5 Å². The number of anilines is 1. The lowest BCUT2D eigenvalue weighted by molar-refractivity contribution is -0.120. The van der Waals surface area contributed by atoms with E-state index in [2.05, 4.69) is 10.5 Å². The van der Waals surface area contributed by atoms with Crippen molar-refractivity contribution in [3.05, 3.63) is 52.3 Å². The molecule has 0 aliphatic carbocycles. The Balaban J connectivity index is 1.94. The van der Waals surface area contributed by atoms with E-state index in [0.29, 0.717) is 27.8 Å². The number of hydrogen-bond donors (Lipinski definition) is 1. The van der Waals surface area contributed by atoms with Crippen molar-refractivity contribution >= 4 is 29.4 Å². The van der Waals surface area contributed by atoms with Crippen LogP contribution in [0.3, 0.4) is 0 Å². The standard InChI is InChI=1S/C18H18ClFN2O4/c1-11-4-5-13(20)8-15(11)22-17(23)10-26-21-9-12-6-14(19)18(25-3)16(7-12)24-2/h4-9H,10H2,1-3H3,(H,22,23)/b21-9+. The van der Waals surface area contributed by atoms with Gasteiger partial charge in [-0.25, -0.2) is 4.39 Å². The molecule has 6 nitrogen and oxygen atoms in total. The van der Waals surface area contributed by atoms with Crippen molar-refractivity contribution in [3.8, 4) is 11.5 Å². The number of benzene rings is 2. The molecule has 0 atom stereocenters. The number of nitrogens with one attached hydrogen (secondary N) is 1. The molecule has 0 spiro atoms. The lowest BCUT2D eigenvalue weighted by atomic mass is 10.2. The topological polar surface area (TPSA) is 69.2 Å². The third-order valence-corrected chi connectivity index (χ3v) is 3.68. The zero-order valence-electron chi connectivity index (χ0n) is 14.5. The van der Waals surface area contributed by atoms with Crippen LogP contribution in [0.4, 0.5) is 10.1 Å². The first-order chi connectivity index (χ1) is 12.4. The molecule has 138 valence electrons. The van der Waals surface area contributed by atoms with Crippen molar-refractivity contribution in [2.75, 3.05) is 26.1 Å². The van der Waals surface area contributed by atoms with Crippen LogP contribution in [0.5, 0.6) is 11.5 Å². The second-order valence-corrected chi connectivity index (χ2v) is 5.66. The minimum atomic E-state index is -0.457. The number of nitrogens with zero attached hydrogens (tertiary/aromatic N) is 1. The fraction of sp³-hybridized carbons (Fsp3) is 0.222. The number of rotatable bonds is 7. The van der Waals surface area contributed by atoms with Crippen molar-refractivity contribution in [2.24, 2.45) is 5.16 Å². The Morgan fingerprint density at radius 2 is 2.04 bits per heavy atom. The lowest BCUT2D eigenvalue weighted by Gasteiger charge is -2.10. The van der Waals surface area contributed by atoms with Gasteiger partial charge in [-0.1, -0.05) is 22.8 Å². The molecule has 0 fully saturated rings. The third-order valence-electron chi connectivity index (χ3n) is 3.40. The number of hydrogen-bond acceptors (Lipinski definition) is 5. The largest absolute Gasteiger partial charge is 0.493 e. The molecular formula is C18H18ClFN2O4. The number of ether oxygens (including phenoxy) is 2. The van der Waals surface area contributed by atoms with Crippen LogP contribution < -0.4 is 14.8 Å². The van der Waals surface area contributed by atoms with Crippen molar-refractivity contribution in [1.29, 1.82) is 0 Å². The SMILES string of the molecule is COc1cc(/C=N/OCC(=O)Nc2cc(F)ccc2C)cc(Cl)c1OC.